The van der Waals surface area contributed by atoms with Gasteiger partial charge in [-0.05, 0) is 29.3 Å². The number of amides is 1. The third-order valence-electron chi connectivity index (χ3n) is 3.65. The SMILES string of the molecule is NS(=O)(=O)Cc1cccc(NC(=O)Cc2cccc3cccnc23)c1. The average Bonchev–Trinajstić information content (AvgIpc) is 2.54. The summed E-state index contributed by atoms with van der Waals surface area (Å²) in [6.07, 6.45) is 1.87. The maximum Gasteiger partial charge on any atom is 0.228 e. The Bertz CT molecular complexity index is 1030. The molecule has 0 aliphatic rings. The molecule has 3 aromatic rings. The molecule has 1 amide bonds. The zero-order valence-electron chi connectivity index (χ0n) is 13.3. The fraction of sp³-hybridized carbons (Fsp3) is 0.111. The molecule has 1 heterocycles. The third kappa shape index (κ3) is 4.62. The summed E-state index contributed by atoms with van der Waals surface area (Å²) in [6, 6.07) is 16.1. The number of benzene rings is 2. The van der Waals surface area contributed by atoms with Crippen molar-refractivity contribution in [1.82, 2.24) is 4.98 Å². The number of nitrogens with zero attached hydrogens (tertiary/aromatic N) is 1. The second-order valence-corrected chi connectivity index (χ2v) is 7.34. The number of fused-ring (bicyclic) bond motifs is 1. The van der Waals surface area contributed by atoms with E-state index in [0.29, 0.717) is 11.3 Å². The summed E-state index contributed by atoms with van der Waals surface area (Å²) in [7, 11) is -3.62. The minimum atomic E-state index is -3.62. The van der Waals surface area contributed by atoms with Gasteiger partial charge in [0.25, 0.3) is 0 Å². The van der Waals surface area contributed by atoms with Crippen molar-refractivity contribution < 1.29 is 13.2 Å². The number of aromatic nitrogens is 1. The number of carbonyl (C=O) groups is 1. The van der Waals surface area contributed by atoms with Crippen LogP contribution in [-0.4, -0.2) is 19.3 Å². The van der Waals surface area contributed by atoms with Crippen molar-refractivity contribution >= 4 is 32.5 Å². The topological polar surface area (TPSA) is 102 Å². The minimum Gasteiger partial charge on any atom is -0.326 e. The Hall–Kier alpha value is -2.77. The monoisotopic (exact) mass is 355 g/mol. The summed E-state index contributed by atoms with van der Waals surface area (Å²) >= 11 is 0. The summed E-state index contributed by atoms with van der Waals surface area (Å²) in [5.74, 6) is -0.477. The molecule has 0 saturated heterocycles. The van der Waals surface area contributed by atoms with E-state index in [4.69, 9.17) is 5.14 Å². The predicted octanol–water partition coefficient (Wildman–Crippen LogP) is 2.20. The van der Waals surface area contributed by atoms with E-state index in [-0.39, 0.29) is 18.1 Å². The Kier molecular flexibility index (Phi) is 4.78. The lowest BCUT2D eigenvalue weighted by Gasteiger charge is -2.08. The Morgan fingerprint density at radius 2 is 1.84 bits per heavy atom. The molecule has 0 radical (unpaired) electrons. The van der Waals surface area contributed by atoms with E-state index in [1.54, 1.807) is 30.5 Å². The highest BCUT2D eigenvalue weighted by atomic mass is 32.2. The Labute approximate surface area is 145 Å². The van der Waals surface area contributed by atoms with Gasteiger partial charge in [-0.2, -0.15) is 0 Å². The lowest BCUT2D eigenvalue weighted by atomic mass is 10.1. The molecule has 0 fully saturated rings. The van der Waals surface area contributed by atoms with E-state index < -0.39 is 10.0 Å². The normalized spacial score (nSPS) is 11.4. The Morgan fingerprint density at radius 3 is 2.64 bits per heavy atom. The number of nitrogens with one attached hydrogen (secondary N) is 1. The third-order valence-corrected chi connectivity index (χ3v) is 4.38. The van der Waals surface area contributed by atoms with Crippen LogP contribution in [0.15, 0.2) is 60.8 Å². The molecule has 2 aromatic carbocycles. The van der Waals surface area contributed by atoms with Crippen molar-refractivity contribution in [2.75, 3.05) is 5.32 Å². The summed E-state index contributed by atoms with van der Waals surface area (Å²) < 4.78 is 22.4. The van der Waals surface area contributed by atoms with Gasteiger partial charge in [0.2, 0.25) is 15.9 Å². The van der Waals surface area contributed by atoms with Crippen LogP contribution in [0.5, 0.6) is 0 Å². The van der Waals surface area contributed by atoms with Crippen LogP contribution in [0.1, 0.15) is 11.1 Å². The number of para-hydroxylation sites is 1. The van der Waals surface area contributed by atoms with E-state index in [9.17, 15) is 13.2 Å². The van der Waals surface area contributed by atoms with Crippen LogP contribution in [0, 0.1) is 0 Å². The summed E-state index contributed by atoms with van der Waals surface area (Å²) in [5.41, 5.74) is 2.67. The molecule has 3 rings (SSSR count). The maximum absolute atomic E-state index is 12.3. The number of hydrogen-bond acceptors (Lipinski definition) is 4. The van der Waals surface area contributed by atoms with E-state index in [0.717, 1.165) is 16.5 Å². The van der Waals surface area contributed by atoms with Crippen molar-refractivity contribution in [1.29, 1.82) is 0 Å². The first-order valence-corrected chi connectivity index (χ1v) is 9.34. The maximum atomic E-state index is 12.3. The summed E-state index contributed by atoms with van der Waals surface area (Å²) in [4.78, 5) is 16.7. The van der Waals surface area contributed by atoms with Gasteiger partial charge in [0.1, 0.15) is 0 Å². The zero-order valence-corrected chi connectivity index (χ0v) is 14.2. The predicted molar refractivity (Wildman–Crippen MR) is 97.3 cm³/mol. The number of sulfonamides is 1. The van der Waals surface area contributed by atoms with Crippen LogP contribution in [0.25, 0.3) is 10.9 Å². The van der Waals surface area contributed by atoms with Crippen LogP contribution in [0.4, 0.5) is 5.69 Å². The molecule has 25 heavy (non-hydrogen) atoms. The lowest BCUT2D eigenvalue weighted by Crippen LogP contribution is -2.16. The molecular weight excluding hydrogens is 338 g/mol. The number of hydrogen-bond donors (Lipinski definition) is 2. The van der Waals surface area contributed by atoms with Crippen molar-refractivity contribution in [3.8, 4) is 0 Å². The second kappa shape index (κ2) is 7.00. The van der Waals surface area contributed by atoms with Gasteiger partial charge in [-0.25, -0.2) is 13.6 Å². The van der Waals surface area contributed by atoms with Crippen molar-refractivity contribution in [2.45, 2.75) is 12.2 Å². The molecule has 128 valence electrons. The van der Waals surface area contributed by atoms with Crippen LogP contribution in [0.2, 0.25) is 0 Å². The molecule has 0 spiro atoms. The van der Waals surface area contributed by atoms with Crippen molar-refractivity contribution in [3.63, 3.8) is 0 Å². The van der Waals surface area contributed by atoms with E-state index in [1.165, 1.54) is 0 Å². The van der Waals surface area contributed by atoms with Crippen LogP contribution in [-0.2, 0) is 27.0 Å². The summed E-state index contributed by atoms with van der Waals surface area (Å²) in [5, 5.41) is 8.81. The first-order valence-electron chi connectivity index (χ1n) is 7.63. The summed E-state index contributed by atoms with van der Waals surface area (Å²) in [6.45, 7) is 0. The molecule has 1 aromatic heterocycles. The van der Waals surface area contributed by atoms with Crippen molar-refractivity contribution in [2.24, 2.45) is 5.14 Å². The fourth-order valence-corrected chi connectivity index (χ4v) is 3.30. The highest BCUT2D eigenvalue weighted by molar-refractivity contribution is 7.88. The highest BCUT2D eigenvalue weighted by Crippen LogP contribution is 2.18. The number of anilines is 1. The van der Waals surface area contributed by atoms with Gasteiger partial charge in [-0.1, -0.05) is 36.4 Å². The number of nitrogens with two attached hydrogens (primary N) is 1. The Balaban J connectivity index is 1.75. The molecule has 0 saturated carbocycles. The quantitative estimate of drug-likeness (QED) is 0.732. The molecule has 0 atom stereocenters. The minimum absolute atomic E-state index is 0.174. The zero-order chi connectivity index (χ0) is 17.9. The van der Waals surface area contributed by atoms with E-state index >= 15 is 0 Å². The van der Waals surface area contributed by atoms with Gasteiger partial charge in [0.15, 0.2) is 0 Å². The van der Waals surface area contributed by atoms with E-state index in [2.05, 4.69) is 10.3 Å². The highest BCUT2D eigenvalue weighted by Gasteiger charge is 2.10. The van der Waals surface area contributed by atoms with Crippen LogP contribution >= 0.6 is 0 Å². The number of pyridine rings is 1. The van der Waals surface area contributed by atoms with Crippen LogP contribution < -0.4 is 10.5 Å². The smallest absolute Gasteiger partial charge is 0.228 e. The number of primary sulfonamides is 1. The van der Waals surface area contributed by atoms with Gasteiger partial charge in [0.05, 0.1) is 17.7 Å². The molecule has 0 aliphatic heterocycles. The first-order chi connectivity index (χ1) is 11.9. The average molecular weight is 355 g/mol. The van der Waals surface area contributed by atoms with Gasteiger partial charge in [-0.15, -0.1) is 0 Å². The molecule has 6 nitrogen and oxygen atoms in total. The molecule has 0 aliphatic carbocycles. The largest absolute Gasteiger partial charge is 0.326 e. The van der Waals surface area contributed by atoms with Gasteiger partial charge >= 0.3 is 0 Å². The fourth-order valence-electron chi connectivity index (χ4n) is 2.66. The molecular formula is C18H17N3O3S. The number of rotatable bonds is 5. The standard InChI is InChI=1S/C18H17N3O3S/c19-25(23,24)12-13-4-1-8-16(10-13)21-17(22)11-15-6-2-5-14-7-3-9-20-18(14)15/h1-10H,11-12H2,(H,21,22)(H2,19,23,24). The lowest BCUT2D eigenvalue weighted by molar-refractivity contribution is -0.115. The van der Waals surface area contributed by atoms with Gasteiger partial charge in [-0.3, -0.25) is 9.78 Å². The molecule has 7 heteroatoms. The molecule has 3 N–H and O–H groups in total. The molecule has 0 bridgehead atoms. The van der Waals surface area contributed by atoms with Gasteiger partial charge < -0.3 is 5.32 Å². The number of carbonyl (C=O) groups excluding carboxylic acids is 1. The van der Waals surface area contributed by atoms with E-state index in [1.807, 2.05) is 30.3 Å². The van der Waals surface area contributed by atoms with Crippen LogP contribution in [0.3, 0.4) is 0 Å². The molecule has 0 unspecified atom stereocenters. The van der Waals surface area contributed by atoms with Gasteiger partial charge in [0, 0.05) is 17.3 Å². The second-order valence-electron chi connectivity index (χ2n) is 5.72. The van der Waals surface area contributed by atoms with Crippen molar-refractivity contribution in [3.05, 3.63) is 71.9 Å². The Morgan fingerprint density at radius 1 is 1.08 bits per heavy atom. The first kappa shape index (κ1) is 17.1.